The molecule has 0 bridgehead atoms. The molecule has 0 aromatic heterocycles. The summed E-state index contributed by atoms with van der Waals surface area (Å²) in [4.78, 5) is 2.49. The van der Waals surface area contributed by atoms with Crippen LogP contribution in [0.2, 0.25) is 0 Å². The van der Waals surface area contributed by atoms with Gasteiger partial charge in [0.1, 0.15) is 0 Å². The highest BCUT2D eigenvalue weighted by Gasteiger charge is 2.12. The van der Waals surface area contributed by atoms with Crippen LogP contribution in [0, 0.1) is 5.41 Å². The van der Waals surface area contributed by atoms with Crippen LogP contribution in [0.15, 0.2) is 0 Å². The van der Waals surface area contributed by atoms with Crippen molar-refractivity contribution in [1.82, 2.24) is 4.90 Å². The first-order chi connectivity index (χ1) is 6.99. The van der Waals surface area contributed by atoms with E-state index in [0.717, 1.165) is 39.0 Å². The Labute approximate surface area is 95.2 Å². The van der Waals surface area contributed by atoms with Crippen LogP contribution in [0.3, 0.4) is 0 Å². The Kier molecular flexibility index (Phi) is 8.02. The van der Waals surface area contributed by atoms with Gasteiger partial charge in [-0.3, -0.25) is 0 Å². The third-order valence-electron chi connectivity index (χ3n) is 2.53. The van der Waals surface area contributed by atoms with E-state index in [4.69, 9.17) is 11.5 Å². The van der Waals surface area contributed by atoms with Gasteiger partial charge in [0.15, 0.2) is 0 Å². The number of nitrogens with two attached hydrogens (primary N) is 2. The summed E-state index contributed by atoms with van der Waals surface area (Å²) in [6.45, 7) is 11.8. The number of hydrogen-bond acceptors (Lipinski definition) is 3. The molecule has 3 heteroatoms. The average molecular weight is 215 g/mol. The highest BCUT2D eigenvalue weighted by molar-refractivity contribution is 4.66. The van der Waals surface area contributed by atoms with Crippen molar-refractivity contribution in [2.45, 2.75) is 40.0 Å². The maximum Gasteiger partial charge on any atom is -0.000671 e. The molecule has 0 rings (SSSR count). The second-order valence-corrected chi connectivity index (χ2v) is 5.44. The molecular formula is C12H29N3. The maximum absolute atomic E-state index is 5.54. The quantitative estimate of drug-likeness (QED) is 0.644. The monoisotopic (exact) mass is 215 g/mol. The van der Waals surface area contributed by atoms with Gasteiger partial charge in [-0.25, -0.2) is 0 Å². The zero-order valence-corrected chi connectivity index (χ0v) is 10.8. The smallest absolute Gasteiger partial charge is 0.000671 e. The highest BCUT2D eigenvalue weighted by Crippen LogP contribution is 2.18. The SMILES string of the molecule is CC(C)(C)CCN(CCCN)CCCN. The van der Waals surface area contributed by atoms with Gasteiger partial charge in [-0.15, -0.1) is 0 Å². The van der Waals surface area contributed by atoms with Crippen LogP contribution in [0.25, 0.3) is 0 Å². The van der Waals surface area contributed by atoms with Crippen LogP contribution in [-0.4, -0.2) is 37.6 Å². The summed E-state index contributed by atoms with van der Waals surface area (Å²) < 4.78 is 0. The molecule has 0 fully saturated rings. The molecule has 0 aromatic carbocycles. The summed E-state index contributed by atoms with van der Waals surface area (Å²) in [5, 5.41) is 0. The molecule has 0 radical (unpaired) electrons. The van der Waals surface area contributed by atoms with Gasteiger partial charge in [-0.05, 0) is 57.4 Å². The molecular weight excluding hydrogens is 186 g/mol. The van der Waals surface area contributed by atoms with Crippen LogP contribution in [0.1, 0.15) is 40.0 Å². The van der Waals surface area contributed by atoms with E-state index in [2.05, 4.69) is 25.7 Å². The van der Waals surface area contributed by atoms with E-state index in [1.54, 1.807) is 0 Å². The molecule has 4 N–H and O–H groups in total. The van der Waals surface area contributed by atoms with E-state index >= 15 is 0 Å². The third kappa shape index (κ3) is 10.2. The van der Waals surface area contributed by atoms with Crippen molar-refractivity contribution in [3.05, 3.63) is 0 Å². The van der Waals surface area contributed by atoms with Gasteiger partial charge in [-0.2, -0.15) is 0 Å². The fourth-order valence-corrected chi connectivity index (χ4v) is 1.46. The average Bonchev–Trinajstić information content (AvgIpc) is 2.15. The highest BCUT2D eigenvalue weighted by atomic mass is 15.1. The largest absolute Gasteiger partial charge is 0.330 e. The minimum Gasteiger partial charge on any atom is -0.330 e. The first-order valence-corrected chi connectivity index (χ1v) is 6.12. The molecule has 0 saturated carbocycles. The fourth-order valence-electron chi connectivity index (χ4n) is 1.46. The van der Waals surface area contributed by atoms with Crippen molar-refractivity contribution in [3.8, 4) is 0 Å². The van der Waals surface area contributed by atoms with Crippen molar-refractivity contribution in [2.75, 3.05) is 32.7 Å². The molecule has 0 aliphatic rings. The Morgan fingerprint density at radius 1 is 0.867 bits per heavy atom. The summed E-state index contributed by atoms with van der Waals surface area (Å²) in [5.41, 5.74) is 11.5. The van der Waals surface area contributed by atoms with Crippen LogP contribution >= 0.6 is 0 Å². The van der Waals surface area contributed by atoms with E-state index < -0.39 is 0 Å². The molecule has 0 spiro atoms. The van der Waals surface area contributed by atoms with Gasteiger partial charge in [0.25, 0.3) is 0 Å². The van der Waals surface area contributed by atoms with Crippen molar-refractivity contribution < 1.29 is 0 Å². The van der Waals surface area contributed by atoms with E-state index in [1.807, 2.05) is 0 Å². The molecule has 3 nitrogen and oxygen atoms in total. The molecule has 0 aliphatic heterocycles. The van der Waals surface area contributed by atoms with Crippen molar-refractivity contribution in [1.29, 1.82) is 0 Å². The van der Waals surface area contributed by atoms with Crippen LogP contribution < -0.4 is 11.5 Å². The van der Waals surface area contributed by atoms with Gasteiger partial charge < -0.3 is 16.4 Å². The second kappa shape index (κ2) is 8.08. The molecule has 92 valence electrons. The molecule has 0 heterocycles. The fraction of sp³-hybridized carbons (Fsp3) is 1.00. The Morgan fingerprint density at radius 3 is 1.67 bits per heavy atom. The molecule has 0 aliphatic carbocycles. The Hall–Kier alpha value is -0.120. The van der Waals surface area contributed by atoms with Crippen molar-refractivity contribution in [2.24, 2.45) is 16.9 Å². The van der Waals surface area contributed by atoms with Gasteiger partial charge in [0.05, 0.1) is 0 Å². The normalized spacial score (nSPS) is 12.4. The van der Waals surface area contributed by atoms with Gasteiger partial charge in [0.2, 0.25) is 0 Å². The Bertz CT molecular complexity index is 132. The molecule has 0 unspecified atom stereocenters. The lowest BCUT2D eigenvalue weighted by atomic mass is 9.92. The Balaban J connectivity index is 3.78. The lowest BCUT2D eigenvalue weighted by Gasteiger charge is -2.26. The second-order valence-electron chi connectivity index (χ2n) is 5.44. The summed E-state index contributed by atoms with van der Waals surface area (Å²) in [6.07, 6.45) is 3.42. The summed E-state index contributed by atoms with van der Waals surface area (Å²) >= 11 is 0. The molecule has 15 heavy (non-hydrogen) atoms. The molecule has 0 amide bonds. The van der Waals surface area contributed by atoms with Crippen LogP contribution in [0.4, 0.5) is 0 Å². The van der Waals surface area contributed by atoms with Crippen LogP contribution in [0.5, 0.6) is 0 Å². The molecule has 0 atom stereocenters. The zero-order valence-electron chi connectivity index (χ0n) is 10.8. The predicted octanol–water partition coefficient (Wildman–Crippen LogP) is 1.42. The summed E-state index contributed by atoms with van der Waals surface area (Å²) in [5.74, 6) is 0. The first kappa shape index (κ1) is 14.9. The summed E-state index contributed by atoms with van der Waals surface area (Å²) in [7, 11) is 0. The standard InChI is InChI=1S/C12H29N3/c1-12(2,3)6-11-15(9-4-7-13)10-5-8-14/h4-11,13-14H2,1-3H3. The lowest BCUT2D eigenvalue weighted by Crippen LogP contribution is -2.31. The van der Waals surface area contributed by atoms with Gasteiger partial charge in [0, 0.05) is 0 Å². The van der Waals surface area contributed by atoms with Gasteiger partial charge in [-0.1, -0.05) is 20.8 Å². The van der Waals surface area contributed by atoms with E-state index in [1.165, 1.54) is 13.0 Å². The zero-order chi connectivity index (χ0) is 11.7. The number of hydrogen-bond donors (Lipinski definition) is 2. The lowest BCUT2D eigenvalue weighted by molar-refractivity contribution is 0.225. The van der Waals surface area contributed by atoms with Gasteiger partial charge >= 0.3 is 0 Å². The minimum absolute atomic E-state index is 0.420. The van der Waals surface area contributed by atoms with E-state index in [9.17, 15) is 0 Å². The first-order valence-electron chi connectivity index (χ1n) is 6.12. The maximum atomic E-state index is 5.54. The topological polar surface area (TPSA) is 55.3 Å². The van der Waals surface area contributed by atoms with E-state index in [0.29, 0.717) is 5.41 Å². The van der Waals surface area contributed by atoms with Crippen LogP contribution in [-0.2, 0) is 0 Å². The number of rotatable bonds is 8. The third-order valence-corrected chi connectivity index (χ3v) is 2.53. The molecule has 0 saturated heterocycles. The molecule has 0 aromatic rings. The minimum atomic E-state index is 0.420. The van der Waals surface area contributed by atoms with E-state index in [-0.39, 0.29) is 0 Å². The number of nitrogens with zero attached hydrogens (tertiary/aromatic N) is 1. The Morgan fingerprint density at radius 2 is 1.33 bits per heavy atom. The van der Waals surface area contributed by atoms with Crippen molar-refractivity contribution >= 4 is 0 Å². The van der Waals surface area contributed by atoms with Crippen molar-refractivity contribution in [3.63, 3.8) is 0 Å². The summed E-state index contributed by atoms with van der Waals surface area (Å²) in [6, 6.07) is 0. The predicted molar refractivity (Wildman–Crippen MR) is 67.9 cm³/mol.